The monoisotopic (exact) mass is 382 g/mol. The summed E-state index contributed by atoms with van der Waals surface area (Å²) in [6.07, 6.45) is 3.67. The van der Waals surface area contributed by atoms with Gasteiger partial charge in [0.25, 0.3) is 0 Å². The van der Waals surface area contributed by atoms with Gasteiger partial charge in [0, 0.05) is 58.6 Å². The van der Waals surface area contributed by atoms with Gasteiger partial charge in [-0.05, 0) is 19.9 Å². The van der Waals surface area contributed by atoms with Crippen molar-refractivity contribution in [3.05, 3.63) is 83.3 Å². The van der Waals surface area contributed by atoms with Crippen LogP contribution in [-0.4, -0.2) is 27.7 Å². The van der Waals surface area contributed by atoms with Gasteiger partial charge in [-0.1, -0.05) is 42.2 Å². The van der Waals surface area contributed by atoms with Gasteiger partial charge in [0.15, 0.2) is 11.5 Å². The minimum atomic E-state index is -0.270. The van der Waals surface area contributed by atoms with Crippen LogP contribution in [-0.2, 0) is 17.3 Å². The summed E-state index contributed by atoms with van der Waals surface area (Å²) in [6.45, 7) is 4.26. The summed E-state index contributed by atoms with van der Waals surface area (Å²) in [4.78, 5) is 13.0. The number of hydrogen-bond donors (Lipinski definition) is 0. The molecule has 144 valence electrons. The van der Waals surface area contributed by atoms with Crippen molar-refractivity contribution in [3.8, 4) is 0 Å². The molecule has 1 aliphatic heterocycles. The molecule has 0 amide bonds. The third kappa shape index (κ3) is 2.26. The van der Waals surface area contributed by atoms with Gasteiger partial charge < -0.3 is 9.67 Å². The number of rotatable bonds is 2. The molecule has 0 saturated heterocycles. The van der Waals surface area contributed by atoms with E-state index >= 15 is 0 Å². The van der Waals surface area contributed by atoms with Crippen LogP contribution in [0.5, 0.6) is 0 Å². The number of hydrogen-bond acceptors (Lipinski definition) is 2. The zero-order chi connectivity index (χ0) is 20.5. The Hall–Kier alpha value is -3.40. The van der Waals surface area contributed by atoms with E-state index in [2.05, 4.69) is 30.6 Å². The number of allylic oxidation sites excluding steroid dienone is 3. The Morgan fingerprint density at radius 3 is 2.48 bits per heavy atom. The average molecular weight is 382 g/mol. The molecule has 1 aromatic heterocycles. The lowest BCUT2D eigenvalue weighted by molar-refractivity contribution is -0.401. The molecule has 4 heteroatoms. The van der Waals surface area contributed by atoms with Gasteiger partial charge in [-0.3, -0.25) is 4.79 Å². The van der Waals surface area contributed by atoms with Gasteiger partial charge in [0.1, 0.15) is 7.05 Å². The van der Waals surface area contributed by atoms with Crippen molar-refractivity contribution in [2.45, 2.75) is 19.3 Å². The molecule has 2 aromatic carbocycles. The smallest absolute Gasteiger partial charge is 0.209 e. The molecule has 2 heterocycles. The van der Waals surface area contributed by atoms with Crippen LogP contribution in [0.15, 0.2) is 72.1 Å². The Kier molecular flexibility index (Phi) is 3.54. The van der Waals surface area contributed by atoms with E-state index in [4.69, 9.17) is 0 Å². The Morgan fingerprint density at radius 2 is 1.76 bits per heavy atom. The van der Waals surface area contributed by atoms with Crippen molar-refractivity contribution >= 4 is 33.7 Å². The van der Waals surface area contributed by atoms with Crippen LogP contribution < -0.4 is 5.11 Å². The maximum absolute atomic E-state index is 13.0. The van der Waals surface area contributed by atoms with Crippen LogP contribution in [0.2, 0.25) is 0 Å². The van der Waals surface area contributed by atoms with Gasteiger partial charge in [-0.15, -0.1) is 0 Å². The van der Waals surface area contributed by atoms with Crippen molar-refractivity contribution in [1.29, 1.82) is 0 Å². The van der Waals surface area contributed by atoms with Crippen molar-refractivity contribution in [3.63, 3.8) is 0 Å². The number of Topliss-reactive ketones (excluding diaryl/α,β-unsaturated/α-hetero) is 1. The fourth-order valence-electron chi connectivity index (χ4n) is 4.73. The van der Waals surface area contributed by atoms with Crippen molar-refractivity contribution in [2.75, 3.05) is 7.05 Å². The van der Waals surface area contributed by atoms with Crippen LogP contribution >= 0.6 is 0 Å². The molecule has 0 N–H and O–H groups in total. The lowest BCUT2D eigenvalue weighted by Crippen LogP contribution is -2.33. The fourth-order valence-corrected chi connectivity index (χ4v) is 4.73. The normalized spacial score (nSPS) is 19.3. The molecule has 1 aliphatic carbocycles. The highest BCUT2D eigenvalue weighted by Gasteiger charge is 2.44. The molecule has 0 radical (unpaired) electrons. The van der Waals surface area contributed by atoms with E-state index in [0.717, 1.165) is 27.9 Å². The average Bonchev–Trinajstić information content (AvgIpc) is 3.13. The summed E-state index contributed by atoms with van der Waals surface area (Å²) in [6, 6.07) is 16.0. The van der Waals surface area contributed by atoms with Crippen LogP contribution in [0.3, 0.4) is 0 Å². The minimum absolute atomic E-state index is 0.168. The number of aromatic nitrogens is 1. The first kappa shape index (κ1) is 17.7. The fraction of sp³-hybridized carbons (Fsp3) is 0.200. The van der Waals surface area contributed by atoms with E-state index in [0.29, 0.717) is 5.57 Å². The lowest BCUT2D eigenvalue weighted by Gasteiger charge is -2.30. The molecule has 0 saturated carbocycles. The maximum Gasteiger partial charge on any atom is 0.209 e. The predicted molar refractivity (Wildman–Crippen MR) is 113 cm³/mol. The van der Waals surface area contributed by atoms with Crippen LogP contribution in [0.4, 0.5) is 5.69 Å². The third-order valence-corrected chi connectivity index (χ3v) is 6.33. The quantitative estimate of drug-likeness (QED) is 0.503. The zero-order valence-corrected chi connectivity index (χ0v) is 17.0. The molecule has 0 spiro atoms. The molecule has 5 rings (SSSR count). The molecule has 0 bridgehead atoms. The number of fused-ring (bicyclic) bond motifs is 2. The maximum atomic E-state index is 13.0. The number of carbonyl (C=O) groups is 1. The van der Waals surface area contributed by atoms with Gasteiger partial charge in [0.05, 0.1) is 5.41 Å². The first-order valence-electron chi connectivity index (χ1n) is 9.75. The molecule has 4 nitrogen and oxygen atoms in total. The largest absolute Gasteiger partial charge is 0.871 e. The highest BCUT2D eigenvalue weighted by atomic mass is 16.3. The van der Waals surface area contributed by atoms with Gasteiger partial charge in [-0.25, -0.2) is 0 Å². The van der Waals surface area contributed by atoms with Gasteiger partial charge in [0.2, 0.25) is 5.69 Å². The summed E-state index contributed by atoms with van der Waals surface area (Å²) in [7, 11) is 3.92. The SMILES string of the molecule is Cn1cc(C2=C([O-])/C(=C\C3=[N+](C)c4ccccc4C3(C)C)C2=O)c2ccccc21. The second-order valence-corrected chi connectivity index (χ2v) is 8.35. The number of ketones is 1. The van der Waals surface area contributed by atoms with Crippen LogP contribution in [0.1, 0.15) is 25.0 Å². The first-order chi connectivity index (χ1) is 13.8. The molecular weight excluding hydrogens is 360 g/mol. The van der Waals surface area contributed by atoms with Crippen molar-refractivity contribution in [1.82, 2.24) is 4.57 Å². The van der Waals surface area contributed by atoms with Crippen molar-refractivity contribution < 1.29 is 14.5 Å². The molecule has 3 aromatic rings. The molecular formula is C25H22N2O2. The molecule has 0 unspecified atom stereocenters. The highest BCUT2D eigenvalue weighted by Crippen LogP contribution is 2.42. The Balaban J connectivity index is 1.63. The van der Waals surface area contributed by atoms with E-state index in [1.807, 2.05) is 61.3 Å². The Morgan fingerprint density at radius 1 is 1.07 bits per heavy atom. The first-order valence-corrected chi connectivity index (χ1v) is 9.75. The van der Waals surface area contributed by atoms with E-state index in [-0.39, 0.29) is 22.5 Å². The zero-order valence-electron chi connectivity index (χ0n) is 17.0. The Bertz CT molecular complexity index is 1320. The summed E-state index contributed by atoms with van der Waals surface area (Å²) in [5.41, 5.74) is 5.31. The summed E-state index contributed by atoms with van der Waals surface area (Å²) in [5.74, 6) is -0.335. The second kappa shape index (κ2) is 5.80. The third-order valence-electron chi connectivity index (χ3n) is 6.33. The summed E-state index contributed by atoms with van der Waals surface area (Å²) >= 11 is 0. The van der Waals surface area contributed by atoms with E-state index in [1.165, 1.54) is 5.56 Å². The van der Waals surface area contributed by atoms with E-state index in [9.17, 15) is 9.90 Å². The van der Waals surface area contributed by atoms with Crippen LogP contribution in [0.25, 0.3) is 16.5 Å². The minimum Gasteiger partial charge on any atom is -0.871 e. The Labute approximate surface area is 169 Å². The van der Waals surface area contributed by atoms with Crippen LogP contribution in [0, 0.1) is 0 Å². The predicted octanol–water partition coefficient (Wildman–Crippen LogP) is 3.47. The second-order valence-electron chi connectivity index (χ2n) is 8.35. The molecule has 2 aliphatic rings. The topological polar surface area (TPSA) is 48.1 Å². The van der Waals surface area contributed by atoms with Gasteiger partial charge >= 0.3 is 0 Å². The number of carbonyl (C=O) groups excluding carboxylic acids is 1. The number of nitrogens with zero attached hydrogens (tertiary/aromatic N) is 2. The molecule has 0 atom stereocenters. The molecule has 29 heavy (non-hydrogen) atoms. The number of benzene rings is 2. The lowest BCUT2D eigenvalue weighted by atomic mass is 9.77. The molecule has 0 fully saturated rings. The van der Waals surface area contributed by atoms with E-state index < -0.39 is 0 Å². The summed E-state index contributed by atoms with van der Waals surface area (Å²) in [5, 5.41) is 14.0. The van der Waals surface area contributed by atoms with Gasteiger partial charge in [-0.2, -0.15) is 4.58 Å². The highest BCUT2D eigenvalue weighted by molar-refractivity contribution is 6.41. The van der Waals surface area contributed by atoms with E-state index in [1.54, 1.807) is 6.08 Å². The number of para-hydroxylation sites is 2. The summed E-state index contributed by atoms with van der Waals surface area (Å²) < 4.78 is 4.04. The van der Waals surface area contributed by atoms with Crippen molar-refractivity contribution in [2.24, 2.45) is 7.05 Å². The standard InChI is InChI=1S/C25H22N2O2/c1-25(2)18-10-6-8-12-20(18)27(4)21(25)13-16-23(28)22(24(16)29)17-14-26(3)19-11-7-5-9-15(17)19/h5-14H,1-4H3. The number of aryl methyl sites for hydroxylation is 1.